The van der Waals surface area contributed by atoms with Gasteiger partial charge in [-0.2, -0.15) is 11.8 Å². The summed E-state index contributed by atoms with van der Waals surface area (Å²) in [6.45, 7) is 2.05. The molecule has 4 heteroatoms. The maximum absolute atomic E-state index is 11.6. The van der Waals surface area contributed by atoms with Crippen LogP contribution in [-0.4, -0.2) is 30.0 Å². The summed E-state index contributed by atoms with van der Waals surface area (Å²) in [7, 11) is 0. The second kappa shape index (κ2) is 6.38. The maximum Gasteiger partial charge on any atom is 0.221 e. The molecule has 1 aliphatic rings. The normalized spacial score (nSPS) is 19.7. The smallest absolute Gasteiger partial charge is 0.221 e. The summed E-state index contributed by atoms with van der Waals surface area (Å²) in [6, 6.07) is 0.356. The Morgan fingerprint density at radius 2 is 2.27 bits per heavy atom. The SMILES string of the molecule is CSCCC(C)NC(=O)CC(N)C1CC1. The summed E-state index contributed by atoms with van der Waals surface area (Å²) in [5, 5.41) is 3.00. The molecule has 0 aromatic rings. The van der Waals surface area contributed by atoms with E-state index < -0.39 is 0 Å². The van der Waals surface area contributed by atoms with E-state index in [9.17, 15) is 4.79 Å². The summed E-state index contributed by atoms with van der Waals surface area (Å²) < 4.78 is 0. The van der Waals surface area contributed by atoms with Gasteiger partial charge in [0.2, 0.25) is 5.91 Å². The van der Waals surface area contributed by atoms with Crippen LogP contribution in [0.1, 0.15) is 32.6 Å². The first-order chi connectivity index (χ1) is 7.13. The van der Waals surface area contributed by atoms with Crippen molar-refractivity contribution < 1.29 is 4.79 Å². The van der Waals surface area contributed by atoms with Gasteiger partial charge in [0, 0.05) is 18.5 Å². The van der Waals surface area contributed by atoms with Crippen LogP contribution in [0, 0.1) is 5.92 Å². The van der Waals surface area contributed by atoms with E-state index >= 15 is 0 Å². The molecular formula is C11H22N2OS. The highest BCUT2D eigenvalue weighted by Crippen LogP contribution is 2.32. The van der Waals surface area contributed by atoms with E-state index in [1.807, 2.05) is 11.8 Å². The number of carbonyl (C=O) groups excluding carboxylic acids is 1. The molecule has 1 saturated carbocycles. The molecule has 1 aliphatic carbocycles. The molecule has 1 fully saturated rings. The summed E-state index contributed by atoms with van der Waals surface area (Å²) >= 11 is 1.81. The van der Waals surface area contributed by atoms with Gasteiger partial charge in [0.15, 0.2) is 0 Å². The first-order valence-corrected chi connectivity index (χ1v) is 7.06. The molecule has 2 unspecified atom stereocenters. The molecule has 0 aliphatic heterocycles. The fourth-order valence-corrected chi connectivity index (χ4v) is 2.19. The monoisotopic (exact) mass is 230 g/mol. The van der Waals surface area contributed by atoms with Crippen molar-refractivity contribution in [2.45, 2.75) is 44.7 Å². The number of carbonyl (C=O) groups is 1. The molecule has 1 amide bonds. The molecular weight excluding hydrogens is 208 g/mol. The van der Waals surface area contributed by atoms with E-state index in [-0.39, 0.29) is 18.0 Å². The Hall–Kier alpha value is -0.220. The maximum atomic E-state index is 11.6. The van der Waals surface area contributed by atoms with Crippen LogP contribution in [0.3, 0.4) is 0 Å². The Bertz CT molecular complexity index is 207. The lowest BCUT2D eigenvalue weighted by Crippen LogP contribution is -2.37. The molecule has 0 radical (unpaired) electrons. The Balaban J connectivity index is 2.10. The van der Waals surface area contributed by atoms with Gasteiger partial charge in [0.1, 0.15) is 0 Å². The van der Waals surface area contributed by atoms with Crippen molar-refractivity contribution in [3.63, 3.8) is 0 Å². The summed E-state index contributed by atoms with van der Waals surface area (Å²) in [5.74, 6) is 1.82. The van der Waals surface area contributed by atoms with E-state index in [2.05, 4.69) is 18.5 Å². The van der Waals surface area contributed by atoms with Crippen molar-refractivity contribution in [2.24, 2.45) is 11.7 Å². The second-order valence-electron chi connectivity index (χ2n) is 4.46. The Morgan fingerprint density at radius 3 is 2.80 bits per heavy atom. The quantitative estimate of drug-likeness (QED) is 0.694. The van der Waals surface area contributed by atoms with Gasteiger partial charge in [0.25, 0.3) is 0 Å². The number of rotatable bonds is 7. The molecule has 15 heavy (non-hydrogen) atoms. The van der Waals surface area contributed by atoms with Crippen LogP contribution >= 0.6 is 11.8 Å². The Kier molecular flexibility index (Phi) is 5.47. The standard InChI is InChI=1S/C11H22N2OS/c1-8(5-6-15-2)13-11(14)7-10(12)9-3-4-9/h8-10H,3-7,12H2,1-2H3,(H,13,14). The van der Waals surface area contributed by atoms with E-state index in [0.717, 1.165) is 12.2 Å². The van der Waals surface area contributed by atoms with Gasteiger partial charge in [-0.3, -0.25) is 4.79 Å². The number of amides is 1. The molecule has 3 nitrogen and oxygen atoms in total. The van der Waals surface area contributed by atoms with E-state index in [4.69, 9.17) is 5.73 Å². The topological polar surface area (TPSA) is 55.1 Å². The minimum absolute atomic E-state index is 0.0813. The zero-order valence-electron chi connectivity index (χ0n) is 9.66. The molecule has 0 saturated heterocycles. The van der Waals surface area contributed by atoms with Gasteiger partial charge in [-0.15, -0.1) is 0 Å². The zero-order chi connectivity index (χ0) is 11.3. The number of hydrogen-bond acceptors (Lipinski definition) is 3. The number of nitrogens with two attached hydrogens (primary N) is 1. The lowest BCUT2D eigenvalue weighted by molar-refractivity contribution is -0.122. The van der Waals surface area contributed by atoms with Crippen molar-refractivity contribution >= 4 is 17.7 Å². The van der Waals surface area contributed by atoms with Crippen molar-refractivity contribution in [3.8, 4) is 0 Å². The third kappa shape index (κ3) is 5.42. The predicted octanol–water partition coefficient (Wildman–Crippen LogP) is 1.37. The minimum atomic E-state index is 0.0813. The number of nitrogens with one attached hydrogen (secondary N) is 1. The van der Waals surface area contributed by atoms with Gasteiger partial charge < -0.3 is 11.1 Å². The number of hydrogen-bond donors (Lipinski definition) is 2. The summed E-state index contributed by atoms with van der Waals surface area (Å²) in [4.78, 5) is 11.6. The second-order valence-corrected chi connectivity index (χ2v) is 5.44. The van der Waals surface area contributed by atoms with Crippen LogP contribution in [-0.2, 0) is 4.79 Å². The first-order valence-electron chi connectivity index (χ1n) is 5.67. The fraction of sp³-hybridized carbons (Fsp3) is 0.909. The van der Waals surface area contributed by atoms with Crippen LogP contribution in [0.4, 0.5) is 0 Å². The molecule has 3 N–H and O–H groups in total. The third-order valence-electron chi connectivity index (χ3n) is 2.81. The van der Waals surface area contributed by atoms with Gasteiger partial charge in [-0.05, 0) is 44.1 Å². The first kappa shape index (κ1) is 12.8. The van der Waals surface area contributed by atoms with Gasteiger partial charge >= 0.3 is 0 Å². The molecule has 88 valence electrons. The minimum Gasteiger partial charge on any atom is -0.354 e. The van der Waals surface area contributed by atoms with Gasteiger partial charge in [-0.25, -0.2) is 0 Å². The van der Waals surface area contributed by atoms with Crippen LogP contribution in [0.25, 0.3) is 0 Å². The Morgan fingerprint density at radius 1 is 1.60 bits per heavy atom. The van der Waals surface area contributed by atoms with Gasteiger partial charge in [0.05, 0.1) is 0 Å². The van der Waals surface area contributed by atoms with Crippen molar-refractivity contribution in [1.29, 1.82) is 0 Å². The molecule has 0 spiro atoms. The van der Waals surface area contributed by atoms with E-state index in [1.165, 1.54) is 12.8 Å². The van der Waals surface area contributed by atoms with E-state index in [0.29, 0.717) is 12.3 Å². The average Bonchev–Trinajstić information content (AvgIpc) is 2.97. The largest absolute Gasteiger partial charge is 0.354 e. The van der Waals surface area contributed by atoms with Gasteiger partial charge in [-0.1, -0.05) is 0 Å². The molecule has 0 aromatic heterocycles. The lowest BCUT2D eigenvalue weighted by atomic mass is 10.1. The van der Waals surface area contributed by atoms with Crippen molar-refractivity contribution in [3.05, 3.63) is 0 Å². The third-order valence-corrected chi connectivity index (χ3v) is 3.45. The summed E-state index contributed by atoms with van der Waals surface area (Å²) in [5.41, 5.74) is 5.89. The average molecular weight is 230 g/mol. The van der Waals surface area contributed by atoms with Crippen molar-refractivity contribution in [1.82, 2.24) is 5.32 Å². The molecule has 0 aromatic carbocycles. The van der Waals surface area contributed by atoms with Crippen LogP contribution in [0.5, 0.6) is 0 Å². The van der Waals surface area contributed by atoms with E-state index in [1.54, 1.807) is 0 Å². The highest BCUT2D eigenvalue weighted by atomic mass is 32.2. The fourth-order valence-electron chi connectivity index (χ4n) is 1.61. The highest BCUT2D eigenvalue weighted by Gasteiger charge is 2.29. The lowest BCUT2D eigenvalue weighted by Gasteiger charge is -2.15. The number of thioether (sulfide) groups is 1. The molecule has 0 bridgehead atoms. The Labute approximate surface area is 96.6 Å². The molecule has 1 rings (SSSR count). The highest BCUT2D eigenvalue weighted by molar-refractivity contribution is 7.98. The van der Waals surface area contributed by atoms with Crippen LogP contribution in [0.2, 0.25) is 0 Å². The zero-order valence-corrected chi connectivity index (χ0v) is 10.5. The molecule has 2 atom stereocenters. The summed E-state index contributed by atoms with van der Waals surface area (Å²) in [6.07, 6.45) is 6.02. The van der Waals surface area contributed by atoms with Crippen LogP contribution < -0.4 is 11.1 Å². The molecule has 0 heterocycles. The van der Waals surface area contributed by atoms with Crippen LogP contribution in [0.15, 0.2) is 0 Å². The predicted molar refractivity (Wildman–Crippen MR) is 65.9 cm³/mol. The van der Waals surface area contributed by atoms with Crippen molar-refractivity contribution in [2.75, 3.05) is 12.0 Å².